The van der Waals surface area contributed by atoms with Crippen LogP contribution >= 0.6 is 0 Å². The van der Waals surface area contributed by atoms with Crippen LogP contribution in [-0.4, -0.2) is 31.7 Å². The molecule has 1 amide bonds. The zero-order chi connectivity index (χ0) is 24.0. The number of ether oxygens (including phenoxy) is 2. The fourth-order valence-corrected chi connectivity index (χ4v) is 3.96. The standard InChI is InChI=1S/C26H30N4O3/c1-6-32-26(31)30-23-12-11-20-21(23)8-7-9-22(20)25(28-5)29-17(4)18-10-13-24(33-16(2)3)19(14-18)15-27/h7-10,13-14,16,23H,4,6,11-12H2,1-3,5H3,(H,28,29)(H,30,31). The molecule has 33 heavy (non-hydrogen) atoms. The van der Waals surface area contributed by atoms with Crippen molar-refractivity contribution in [2.24, 2.45) is 4.99 Å². The van der Waals surface area contributed by atoms with Gasteiger partial charge in [-0.05, 0) is 68.5 Å². The molecule has 0 saturated carbocycles. The molecule has 1 atom stereocenters. The van der Waals surface area contributed by atoms with Crippen molar-refractivity contribution < 1.29 is 14.3 Å². The number of hydrogen-bond acceptors (Lipinski definition) is 5. The van der Waals surface area contributed by atoms with E-state index in [4.69, 9.17) is 9.47 Å². The van der Waals surface area contributed by atoms with E-state index in [0.29, 0.717) is 29.5 Å². The van der Waals surface area contributed by atoms with Crippen molar-refractivity contribution in [3.8, 4) is 11.8 Å². The van der Waals surface area contributed by atoms with Gasteiger partial charge in [0.2, 0.25) is 0 Å². The van der Waals surface area contributed by atoms with Crippen LogP contribution in [0.3, 0.4) is 0 Å². The minimum absolute atomic E-state index is 0.0228. The molecule has 0 aromatic heterocycles. The zero-order valence-electron chi connectivity index (χ0n) is 19.6. The van der Waals surface area contributed by atoms with Crippen LogP contribution in [0.4, 0.5) is 4.79 Å². The normalized spacial score (nSPS) is 14.9. The molecule has 0 spiro atoms. The number of benzene rings is 2. The summed E-state index contributed by atoms with van der Waals surface area (Å²) >= 11 is 0. The van der Waals surface area contributed by atoms with E-state index in [9.17, 15) is 10.1 Å². The van der Waals surface area contributed by atoms with Crippen LogP contribution < -0.4 is 15.4 Å². The van der Waals surface area contributed by atoms with Gasteiger partial charge in [-0.2, -0.15) is 5.26 Å². The Bertz CT molecular complexity index is 1120. The molecule has 0 aliphatic heterocycles. The smallest absolute Gasteiger partial charge is 0.407 e. The van der Waals surface area contributed by atoms with Crippen molar-refractivity contribution in [3.63, 3.8) is 0 Å². The summed E-state index contributed by atoms with van der Waals surface area (Å²) in [5.41, 5.74) is 5.02. The van der Waals surface area contributed by atoms with Crippen molar-refractivity contribution >= 4 is 17.6 Å². The summed E-state index contributed by atoms with van der Waals surface area (Å²) in [6.45, 7) is 10.1. The summed E-state index contributed by atoms with van der Waals surface area (Å²) in [6, 6.07) is 13.5. The van der Waals surface area contributed by atoms with Gasteiger partial charge in [0.1, 0.15) is 17.7 Å². The number of alkyl carbamates (subject to hydrolysis) is 1. The Morgan fingerprint density at radius 3 is 2.79 bits per heavy atom. The highest BCUT2D eigenvalue weighted by Gasteiger charge is 2.27. The van der Waals surface area contributed by atoms with Crippen LogP contribution in [-0.2, 0) is 11.2 Å². The quantitative estimate of drug-likeness (QED) is 0.474. The highest BCUT2D eigenvalue weighted by Crippen LogP contribution is 2.34. The maximum Gasteiger partial charge on any atom is 0.407 e. The van der Waals surface area contributed by atoms with Crippen LogP contribution in [0.2, 0.25) is 0 Å². The van der Waals surface area contributed by atoms with Crippen molar-refractivity contribution in [2.75, 3.05) is 13.7 Å². The third kappa shape index (κ3) is 5.53. The van der Waals surface area contributed by atoms with Gasteiger partial charge in [-0.3, -0.25) is 4.99 Å². The summed E-state index contributed by atoms with van der Waals surface area (Å²) in [5.74, 6) is 1.23. The number of aliphatic imine (C=N–C) groups is 1. The number of amidine groups is 1. The number of carbonyl (C=O) groups is 1. The molecule has 7 heteroatoms. The molecule has 7 nitrogen and oxygen atoms in total. The highest BCUT2D eigenvalue weighted by molar-refractivity contribution is 6.04. The number of hydrogen-bond donors (Lipinski definition) is 2. The molecule has 1 aliphatic carbocycles. The summed E-state index contributed by atoms with van der Waals surface area (Å²) < 4.78 is 10.7. The van der Waals surface area contributed by atoms with Gasteiger partial charge in [-0.25, -0.2) is 4.79 Å². The minimum Gasteiger partial charge on any atom is -0.490 e. The molecule has 2 aromatic carbocycles. The van der Waals surface area contributed by atoms with Gasteiger partial charge in [0, 0.05) is 18.3 Å². The first-order valence-electron chi connectivity index (χ1n) is 11.1. The first-order chi connectivity index (χ1) is 15.9. The van der Waals surface area contributed by atoms with E-state index in [1.165, 1.54) is 0 Å². The Kier molecular flexibility index (Phi) is 7.73. The number of fused-ring (bicyclic) bond motifs is 1. The molecular formula is C26H30N4O3. The first kappa shape index (κ1) is 23.9. The van der Waals surface area contributed by atoms with E-state index in [-0.39, 0.29) is 12.1 Å². The lowest BCUT2D eigenvalue weighted by Crippen LogP contribution is -2.28. The van der Waals surface area contributed by atoms with Crippen LogP contribution in [0.1, 0.15) is 61.1 Å². The molecule has 1 unspecified atom stereocenters. The fourth-order valence-electron chi connectivity index (χ4n) is 3.96. The number of nitrogens with one attached hydrogen (secondary N) is 2. The summed E-state index contributed by atoms with van der Waals surface area (Å²) in [4.78, 5) is 16.4. The van der Waals surface area contributed by atoms with Gasteiger partial charge in [0.25, 0.3) is 0 Å². The van der Waals surface area contributed by atoms with Crippen molar-refractivity contribution in [2.45, 2.75) is 45.8 Å². The maximum atomic E-state index is 11.9. The van der Waals surface area contributed by atoms with Gasteiger partial charge >= 0.3 is 6.09 Å². The fraction of sp³-hybridized carbons (Fsp3) is 0.346. The van der Waals surface area contributed by atoms with Crippen LogP contribution in [0.25, 0.3) is 5.70 Å². The lowest BCUT2D eigenvalue weighted by atomic mass is 10.0. The van der Waals surface area contributed by atoms with Crippen molar-refractivity contribution in [1.29, 1.82) is 5.26 Å². The largest absolute Gasteiger partial charge is 0.490 e. The van der Waals surface area contributed by atoms with E-state index in [0.717, 1.165) is 35.1 Å². The number of nitriles is 1. The van der Waals surface area contributed by atoms with Crippen LogP contribution in [0, 0.1) is 11.3 Å². The predicted molar refractivity (Wildman–Crippen MR) is 129 cm³/mol. The second-order valence-corrected chi connectivity index (χ2v) is 7.99. The Labute approximate surface area is 195 Å². The second kappa shape index (κ2) is 10.7. The SMILES string of the molecule is C=C(NC(=NC)c1cccc2c1CCC2NC(=O)OCC)c1ccc(OC(C)C)c(C#N)c1. The molecule has 1 aliphatic rings. The Morgan fingerprint density at radius 1 is 1.33 bits per heavy atom. The molecule has 0 radical (unpaired) electrons. The summed E-state index contributed by atoms with van der Waals surface area (Å²) in [6.07, 6.45) is 1.18. The molecule has 0 bridgehead atoms. The monoisotopic (exact) mass is 446 g/mol. The van der Waals surface area contributed by atoms with E-state index < -0.39 is 6.09 Å². The molecule has 0 fully saturated rings. The van der Waals surface area contributed by atoms with Crippen LogP contribution in [0.15, 0.2) is 48.0 Å². The summed E-state index contributed by atoms with van der Waals surface area (Å²) in [7, 11) is 1.72. The Morgan fingerprint density at radius 2 is 2.12 bits per heavy atom. The molecule has 0 saturated heterocycles. The lowest BCUT2D eigenvalue weighted by molar-refractivity contribution is 0.148. The van der Waals surface area contributed by atoms with Crippen molar-refractivity contribution in [3.05, 3.63) is 70.8 Å². The molecule has 2 aromatic rings. The highest BCUT2D eigenvalue weighted by atomic mass is 16.5. The average molecular weight is 447 g/mol. The van der Waals surface area contributed by atoms with Gasteiger partial charge in [-0.1, -0.05) is 24.8 Å². The lowest BCUT2D eigenvalue weighted by Gasteiger charge is -2.18. The molecule has 3 rings (SSSR count). The Hall–Kier alpha value is -3.79. The van der Waals surface area contributed by atoms with Crippen molar-refractivity contribution in [1.82, 2.24) is 10.6 Å². The zero-order valence-corrected chi connectivity index (χ0v) is 19.6. The van der Waals surface area contributed by atoms with E-state index in [2.05, 4.69) is 28.3 Å². The second-order valence-electron chi connectivity index (χ2n) is 7.99. The first-order valence-corrected chi connectivity index (χ1v) is 11.1. The van der Waals surface area contributed by atoms with E-state index in [1.807, 2.05) is 38.1 Å². The van der Waals surface area contributed by atoms with Gasteiger partial charge in [0.15, 0.2) is 0 Å². The number of carbonyl (C=O) groups excluding carboxylic acids is 1. The third-order valence-electron chi connectivity index (χ3n) is 5.40. The van der Waals surface area contributed by atoms with Gasteiger partial charge in [0.05, 0.1) is 24.3 Å². The van der Waals surface area contributed by atoms with Crippen LogP contribution in [0.5, 0.6) is 5.75 Å². The van der Waals surface area contributed by atoms with E-state index in [1.54, 1.807) is 26.1 Å². The van der Waals surface area contributed by atoms with Gasteiger partial charge < -0.3 is 20.1 Å². The number of amides is 1. The topological polar surface area (TPSA) is 95.7 Å². The maximum absolute atomic E-state index is 11.9. The molecule has 2 N–H and O–H groups in total. The third-order valence-corrected chi connectivity index (χ3v) is 5.40. The number of nitrogens with zero attached hydrogens (tertiary/aromatic N) is 2. The average Bonchev–Trinajstić information content (AvgIpc) is 3.20. The van der Waals surface area contributed by atoms with Gasteiger partial charge in [-0.15, -0.1) is 0 Å². The number of rotatable bonds is 7. The molecular weight excluding hydrogens is 416 g/mol. The summed E-state index contributed by atoms with van der Waals surface area (Å²) in [5, 5.41) is 15.8. The van der Waals surface area contributed by atoms with E-state index >= 15 is 0 Å². The Balaban J connectivity index is 1.82. The predicted octanol–water partition coefficient (Wildman–Crippen LogP) is 4.72. The molecule has 172 valence electrons. The molecule has 0 heterocycles. The minimum atomic E-state index is -0.408.